The largest absolute Gasteiger partial charge is 0.488 e. The van der Waals surface area contributed by atoms with Gasteiger partial charge in [0.1, 0.15) is 18.5 Å². The number of aromatic nitrogens is 3. The number of rotatable bonds is 10. The van der Waals surface area contributed by atoms with E-state index >= 15 is 4.39 Å². The number of unbranched alkanes of at least 4 members (excludes halogenated alkanes) is 1. The van der Waals surface area contributed by atoms with Gasteiger partial charge in [-0.15, -0.1) is 10.2 Å². The van der Waals surface area contributed by atoms with Gasteiger partial charge < -0.3 is 18.6 Å². The number of alkyl halides is 1. The van der Waals surface area contributed by atoms with Crippen molar-refractivity contribution in [1.29, 1.82) is 0 Å². The minimum absolute atomic E-state index is 0.140. The second-order valence-corrected chi connectivity index (χ2v) is 11.6. The van der Waals surface area contributed by atoms with E-state index in [0.717, 1.165) is 31.2 Å². The SMILES string of the molecule is CCCCOC(=O)N1C2CCCC1C(F)C(Oc1ccc(-c3ccc(-c4cn(C)c(=O)o4)cc3OCc3ccccc3)nn1)C2. The summed E-state index contributed by atoms with van der Waals surface area (Å²) in [6.07, 6.45) is 3.34. The number of hydrogen-bond acceptors (Lipinski definition) is 8. The zero-order chi connectivity index (χ0) is 31.3. The molecular formula is C34H37FN4O6. The number of fused-ring (bicyclic) bond motifs is 2. The lowest BCUT2D eigenvalue weighted by atomic mass is 9.82. The summed E-state index contributed by atoms with van der Waals surface area (Å²) in [6, 6.07) is 17.9. The third-order valence-corrected chi connectivity index (χ3v) is 8.44. The van der Waals surface area contributed by atoms with E-state index in [2.05, 4.69) is 10.2 Å². The minimum atomic E-state index is -1.37. The Morgan fingerprint density at radius 1 is 1.09 bits per heavy atom. The molecule has 2 saturated heterocycles. The van der Waals surface area contributed by atoms with Crippen molar-refractivity contribution in [2.24, 2.45) is 7.05 Å². The first kappa shape index (κ1) is 30.4. The van der Waals surface area contributed by atoms with Crippen LogP contribution in [0.15, 0.2) is 76.1 Å². The summed E-state index contributed by atoms with van der Waals surface area (Å²) >= 11 is 0. The Hall–Kier alpha value is -4.67. The molecule has 2 aliphatic heterocycles. The molecule has 4 unspecified atom stereocenters. The molecule has 4 atom stereocenters. The molecule has 0 aliphatic carbocycles. The minimum Gasteiger partial charge on any atom is -0.488 e. The number of piperidine rings is 2. The maximum Gasteiger partial charge on any atom is 0.419 e. The molecule has 2 bridgehead atoms. The van der Waals surface area contributed by atoms with E-state index in [1.807, 2.05) is 49.4 Å². The van der Waals surface area contributed by atoms with Crippen molar-refractivity contribution in [3.05, 3.63) is 83.0 Å². The Morgan fingerprint density at radius 2 is 1.93 bits per heavy atom. The smallest absolute Gasteiger partial charge is 0.419 e. The van der Waals surface area contributed by atoms with Gasteiger partial charge in [-0.2, -0.15) is 0 Å². The first-order valence-electron chi connectivity index (χ1n) is 15.5. The van der Waals surface area contributed by atoms with Crippen molar-refractivity contribution < 1.29 is 27.8 Å². The number of amides is 1. The van der Waals surface area contributed by atoms with E-state index in [1.165, 1.54) is 4.57 Å². The number of carbonyl (C=O) groups excluding carboxylic acids is 1. The summed E-state index contributed by atoms with van der Waals surface area (Å²) in [5.41, 5.74) is 2.87. The van der Waals surface area contributed by atoms with E-state index in [0.29, 0.717) is 54.4 Å². The van der Waals surface area contributed by atoms with Crippen molar-refractivity contribution in [1.82, 2.24) is 19.7 Å². The van der Waals surface area contributed by atoms with Crippen molar-refractivity contribution in [3.63, 3.8) is 0 Å². The molecule has 4 aromatic rings. The highest BCUT2D eigenvalue weighted by atomic mass is 19.1. The van der Waals surface area contributed by atoms with E-state index in [9.17, 15) is 9.59 Å². The molecule has 0 spiro atoms. The first-order valence-corrected chi connectivity index (χ1v) is 15.5. The fraction of sp³-hybridized carbons (Fsp3) is 0.412. The van der Waals surface area contributed by atoms with Gasteiger partial charge in [0.2, 0.25) is 5.88 Å². The van der Waals surface area contributed by atoms with Crippen molar-refractivity contribution >= 4 is 6.09 Å². The topological polar surface area (TPSA) is 109 Å². The highest BCUT2D eigenvalue weighted by Crippen LogP contribution is 2.38. The number of halogens is 1. The van der Waals surface area contributed by atoms with Gasteiger partial charge in [-0.05, 0) is 49.4 Å². The Bertz CT molecular complexity index is 1660. The number of oxazole rings is 1. The maximum absolute atomic E-state index is 15.8. The number of aryl methyl sites for hydroxylation is 1. The Labute approximate surface area is 260 Å². The summed E-state index contributed by atoms with van der Waals surface area (Å²) in [7, 11) is 1.62. The molecule has 6 rings (SSSR count). The summed E-state index contributed by atoms with van der Waals surface area (Å²) in [4.78, 5) is 26.3. The Morgan fingerprint density at radius 3 is 2.67 bits per heavy atom. The standard InChI is InChI=1S/C34H37FN4O6/c1-3-4-17-42-34(41)39-24-11-8-12-27(39)32(35)29(19-24)44-31-16-15-26(36-37-31)25-14-13-23(30-20-38(2)33(40)45-30)18-28(25)43-21-22-9-6-5-7-10-22/h5-7,9-10,13-16,18,20,24,27,29,32H,3-4,8,11-12,17,19,21H2,1-2H3. The lowest BCUT2D eigenvalue weighted by Gasteiger charge is -2.49. The van der Waals surface area contributed by atoms with Crippen LogP contribution in [-0.4, -0.2) is 56.7 Å². The van der Waals surface area contributed by atoms with Crippen LogP contribution in [0, 0.1) is 0 Å². The van der Waals surface area contributed by atoms with E-state index < -0.39 is 30.2 Å². The van der Waals surface area contributed by atoms with Crippen LogP contribution in [0.1, 0.15) is 51.0 Å². The van der Waals surface area contributed by atoms with Gasteiger partial charge in [-0.1, -0.05) is 49.7 Å². The van der Waals surface area contributed by atoms with Crippen molar-refractivity contribution in [2.45, 2.75) is 76.4 Å². The summed E-state index contributed by atoms with van der Waals surface area (Å²) < 4.78 is 40.2. The molecule has 10 nitrogen and oxygen atoms in total. The molecule has 45 heavy (non-hydrogen) atoms. The molecule has 0 saturated carbocycles. The second-order valence-electron chi connectivity index (χ2n) is 11.6. The molecule has 2 fully saturated rings. The Balaban J connectivity index is 1.19. The zero-order valence-electron chi connectivity index (χ0n) is 25.4. The molecule has 236 valence electrons. The zero-order valence-corrected chi connectivity index (χ0v) is 25.4. The highest BCUT2D eigenvalue weighted by molar-refractivity contribution is 5.73. The van der Waals surface area contributed by atoms with Gasteiger partial charge in [0.05, 0.1) is 24.5 Å². The molecule has 2 aromatic carbocycles. The second kappa shape index (κ2) is 13.5. The van der Waals surface area contributed by atoms with Crippen LogP contribution in [0.3, 0.4) is 0 Å². The van der Waals surface area contributed by atoms with Crippen LogP contribution >= 0.6 is 0 Å². The van der Waals surface area contributed by atoms with Crippen LogP contribution in [-0.2, 0) is 18.4 Å². The fourth-order valence-corrected chi connectivity index (χ4v) is 6.06. The normalized spacial score (nSPS) is 20.9. The molecule has 0 radical (unpaired) electrons. The fourth-order valence-electron chi connectivity index (χ4n) is 6.06. The van der Waals surface area contributed by atoms with Gasteiger partial charge in [0, 0.05) is 36.7 Å². The predicted octanol–water partition coefficient (Wildman–Crippen LogP) is 6.33. The summed E-state index contributed by atoms with van der Waals surface area (Å²) in [6.45, 7) is 2.69. The van der Waals surface area contributed by atoms with E-state index in [1.54, 1.807) is 36.3 Å². The van der Waals surface area contributed by atoms with E-state index in [-0.39, 0.29) is 11.9 Å². The first-order chi connectivity index (χ1) is 21.9. The molecule has 4 heterocycles. The van der Waals surface area contributed by atoms with Gasteiger partial charge in [0.25, 0.3) is 0 Å². The molecule has 2 aliphatic rings. The molecule has 1 amide bonds. The average molecular weight is 617 g/mol. The number of ether oxygens (including phenoxy) is 3. The average Bonchev–Trinajstić information content (AvgIpc) is 3.40. The lowest BCUT2D eigenvalue weighted by Crippen LogP contribution is -2.62. The maximum atomic E-state index is 15.8. The number of nitrogens with zero attached hydrogens (tertiary/aromatic N) is 4. The molecule has 11 heteroatoms. The Kier molecular flexibility index (Phi) is 9.13. The third-order valence-electron chi connectivity index (χ3n) is 8.44. The van der Waals surface area contributed by atoms with Gasteiger partial charge in [0.15, 0.2) is 11.9 Å². The van der Waals surface area contributed by atoms with Crippen LogP contribution in [0.25, 0.3) is 22.6 Å². The molecule has 2 aromatic heterocycles. The quantitative estimate of drug-likeness (QED) is 0.190. The van der Waals surface area contributed by atoms with Crippen LogP contribution in [0.2, 0.25) is 0 Å². The van der Waals surface area contributed by atoms with Crippen LogP contribution < -0.4 is 15.2 Å². The monoisotopic (exact) mass is 616 g/mol. The number of hydrogen-bond donors (Lipinski definition) is 0. The molecule has 0 N–H and O–H groups in total. The van der Waals surface area contributed by atoms with Gasteiger partial charge in [-0.3, -0.25) is 9.47 Å². The number of carbonyl (C=O) groups is 1. The summed E-state index contributed by atoms with van der Waals surface area (Å²) in [5.74, 6) is 0.691. The number of benzene rings is 2. The summed E-state index contributed by atoms with van der Waals surface area (Å²) in [5, 5.41) is 8.67. The van der Waals surface area contributed by atoms with Crippen LogP contribution in [0.4, 0.5) is 9.18 Å². The van der Waals surface area contributed by atoms with E-state index in [4.69, 9.17) is 18.6 Å². The van der Waals surface area contributed by atoms with Crippen LogP contribution in [0.5, 0.6) is 11.6 Å². The van der Waals surface area contributed by atoms with Crippen molar-refractivity contribution in [3.8, 4) is 34.2 Å². The molecular weight excluding hydrogens is 579 g/mol. The lowest BCUT2D eigenvalue weighted by molar-refractivity contribution is -0.0686. The predicted molar refractivity (Wildman–Crippen MR) is 165 cm³/mol. The van der Waals surface area contributed by atoms with Crippen molar-refractivity contribution in [2.75, 3.05) is 6.61 Å². The van der Waals surface area contributed by atoms with Gasteiger partial charge >= 0.3 is 11.8 Å². The van der Waals surface area contributed by atoms with Gasteiger partial charge in [-0.25, -0.2) is 14.0 Å². The highest BCUT2D eigenvalue weighted by Gasteiger charge is 2.49. The third kappa shape index (κ3) is 6.72.